The SMILES string of the molecule is CCCCCCCC(c1ccc(O)c(O)c1)C(C)N. The van der Waals surface area contributed by atoms with Gasteiger partial charge < -0.3 is 15.9 Å². The van der Waals surface area contributed by atoms with E-state index in [0.717, 1.165) is 18.4 Å². The zero-order valence-electron chi connectivity index (χ0n) is 12.1. The summed E-state index contributed by atoms with van der Waals surface area (Å²) in [5, 5.41) is 18.9. The molecular weight excluding hydrogens is 238 g/mol. The number of phenols is 2. The highest BCUT2D eigenvalue weighted by Crippen LogP contribution is 2.32. The average molecular weight is 265 g/mol. The second kappa shape index (κ2) is 8.05. The second-order valence-corrected chi connectivity index (χ2v) is 5.42. The van der Waals surface area contributed by atoms with Crippen molar-refractivity contribution < 1.29 is 10.2 Å². The van der Waals surface area contributed by atoms with E-state index in [0.29, 0.717) is 0 Å². The van der Waals surface area contributed by atoms with Crippen molar-refractivity contribution in [3.05, 3.63) is 23.8 Å². The van der Waals surface area contributed by atoms with Crippen molar-refractivity contribution in [1.29, 1.82) is 0 Å². The van der Waals surface area contributed by atoms with Gasteiger partial charge >= 0.3 is 0 Å². The lowest BCUT2D eigenvalue weighted by atomic mass is 9.87. The summed E-state index contributed by atoms with van der Waals surface area (Å²) >= 11 is 0. The van der Waals surface area contributed by atoms with Crippen molar-refractivity contribution in [2.75, 3.05) is 0 Å². The molecule has 4 N–H and O–H groups in total. The van der Waals surface area contributed by atoms with Crippen molar-refractivity contribution in [2.45, 2.75) is 64.3 Å². The minimum absolute atomic E-state index is 0.0510. The number of phenolic OH excluding ortho intramolecular Hbond substituents is 2. The molecule has 1 aromatic carbocycles. The molecular formula is C16H27NO2. The van der Waals surface area contributed by atoms with Crippen molar-refractivity contribution in [3.63, 3.8) is 0 Å². The predicted octanol–water partition coefficient (Wildman–Crippen LogP) is 3.89. The Bertz CT molecular complexity index is 377. The van der Waals surface area contributed by atoms with Crippen molar-refractivity contribution in [3.8, 4) is 11.5 Å². The first kappa shape index (κ1) is 15.8. The molecule has 3 heteroatoms. The molecule has 0 fully saturated rings. The topological polar surface area (TPSA) is 66.5 Å². The summed E-state index contributed by atoms with van der Waals surface area (Å²) in [4.78, 5) is 0. The fraction of sp³-hybridized carbons (Fsp3) is 0.625. The number of nitrogens with two attached hydrogens (primary N) is 1. The molecule has 108 valence electrons. The molecule has 2 atom stereocenters. The van der Waals surface area contributed by atoms with Gasteiger partial charge in [0, 0.05) is 6.04 Å². The van der Waals surface area contributed by atoms with E-state index >= 15 is 0 Å². The summed E-state index contributed by atoms with van der Waals surface area (Å²) in [5.41, 5.74) is 7.07. The van der Waals surface area contributed by atoms with Crippen LogP contribution in [0, 0.1) is 0 Å². The smallest absolute Gasteiger partial charge is 0.157 e. The molecule has 0 saturated carbocycles. The van der Waals surface area contributed by atoms with Crippen molar-refractivity contribution >= 4 is 0 Å². The Kier molecular flexibility index (Phi) is 6.71. The maximum absolute atomic E-state index is 9.58. The molecule has 0 bridgehead atoms. The fourth-order valence-electron chi connectivity index (χ4n) is 2.47. The number of hydrogen-bond donors (Lipinski definition) is 3. The molecule has 19 heavy (non-hydrogen) atoms. The molecule has 1 aromatic rings. The third-order valence-electron chi connectivity index (χ3n) is 3.68. The monoisotopic (exact) mass is 265 g/mol. The summed E-state index contributed by atoms with van der Waals surface area (Å²) in [6.45, 7) is 4.21. The summed E-state index contributed by atoms with van der Waals surface area (Å²) in [5.74, 6) is 0.109. The molecule has 1 rings (SSSR count). The molecule has 0 spiro atoms. The number of rotatable bonds is 8. The number of hydrogen-bond acceptors (Lipinski definition) is 3. The Hall–Kier alpha value is -1.22. The highest BCUT2D eigenvalue weighted by Gasteiger charge is 2.17. The van der Waals surface area contributed by atoms with Gasteiger partial charge in [0.25, 0.3) is 0 Å². The number of aromatic hydroxyl groups is 2. The van der Waals surface area contributed by atoms with Crippen LogP contribution in [0.3, 0.4) is 0 Å². The summed E-state index contributed by atoms with van der Waals surface area (Å²) in [6.07, 6.45) is 7.26. The van der Waals surface area contributed by atoms with Crippen LogP contribution in [0.2, 0.25) is 0 Å². The molecule has 3 nitrogen and oxygen atoms in total. The van der Waals surface area contributed by atoms with E-state index in [2.05, 4.69) is 6.92 Å². The molecule has 0 aromatic heterocycles. The van der Waals surface area contributed by atoms with Gasteiger partial charge in [-0.05, 0) is 37.0 Å². The van der Waals surface area contributed by atoms with E-state index in [1.807, 2.05) is 13.0 Å². The van der Waals surface area contributed by atoms with Crippen LogP contribution in [0.5, 0.6) is 11.5 Å². The van der Waals surface area contributed by atoms with Gasteiger partial charge in [0.1, 0.15) is 0 Å². The van der Waals surface area contributed by atoms with Crippen LogP contribution in [-0.4, -0.2) is 16.3 Å². The summed E-state index contributed by atoms with van der Waals surface area (Å²) < 4.78 is 0. The van der Waals surface area contributed by atoms with Crippen LogP contribution in [-0.2, 0) is 0 Å². The Morgan fingerprint density at radius 3 is 2.32 bits per heavy atom. The first-order valence-electron chi connectivity index (χ1n) is 7.33. The minimum atomic E-state index is -0.0740. The maximum Gasteiger partial charge on any atom is 0.157 e. The van der Waals surface area contributed by atoms with E-state index < -0.39 is 0 Å². The lowest BCUT2D eigenvalue weighted by Gasteiger charge is -2.21. The molecule has 0 aliphatic carbocycles. The van der Waals surface area contributed by atoms with Gasteiger partial charge in [-0.1, -0.05) is 45.1 Å². The number of unbranched alkanes of at least 4 members (excludes halogenated alkanes) is 4. The Morgan fingerprint density at radius 2 is 1.74 bits per heavy atom. The first-order valence-corrected chi connectivity index (χ1v) is 7.33. The van der Waals surface area contributed by atoms with Crippen molar-refractivity contribution in [1.82, 2.24) is 0 Å². The van der Waals surface area contributed by atoms with Crippen LogP contribution in [0.4, 0.5) is 0 Å². The maximum atomic E-state index is 9.58. The zero-order valence-corrected chi connectivity index (χ0v) is 12.1. The molecule has 0 heterocycles. The summed E-state index contributed by atoms with van der Waals surface area (Å²) in [7, 11) is 0. The standard InChI is InChI=1S/C16H27NO2/c1-3-4-5-6-7-8-14(12(2)17)13-9-10-15(18)16(19)11-13/h9-12,14,18-19H,3-8,17H2,1-2H3. The quantitative estimate of drug-likeness (QED) is 0.493. The van der Waals surface area contributed by atoms with Crippen LogP contribution in [0.15, 0.2) is 18.2 Å². The van der Waals surface area contributed by atoms with Gasteiger partial charge in [-0.2, -0.15) is 0 Å². The molecule has 2 unspecified atom stereocenters. The lowest BCUT2D eigenvalue weighted by Crippen LogP contribution is -2.24. The van der Waals surface area contributed by atoms with E-state index in [-0.39, 0.29) is 23.5 Å². The van der Waals surface area contributed by atoms with E-state index in [4.69, 9.17) is 5.73 Å². The first-order chi connectivity index (χ1) is 9.06. The molecule has 0 radical (unpaired) electrons. The van der Waals surface area contributed by atoms with Crippen LogP contribution < -0.4 is 5.73 Å². The Labute approximate surface area is 116 Å². The zero-order chi connectivity index (χ0) is 14.3. The van der Waals surface area contributed by atoms with Crippen LogP contribution in [0.1, 0.15) is 63.9 Å². The largest absolute Gasteiger partial charge is 0.504 e. The van der Waals surface area contributed by atoms with Gasteiger partial charge in [0.2, 0.25) is 0 Å². The highest BCUT2D eigenvalue weighted by atomic mass is 16.3. The van der Waals surface area contributed by atoms with E-state index in [9.17, 15) is 10.2 Å². The van der Waals surface area contributed by atoms with Gasteiger partial charge in [-0.3, -0.25) is 0 Å². The average Bonchev–Trinajstić information content (AvgIpc) is 2.37. The highest BCUT2D eigenvalue weighted by molar-refractivity contribution is 5.42. The lowest BCUT2D eigenvalue weighted by molar-refractivity contribution is 0.401. The van der Waals surface area contributed by atoms with E-state index in [1.54, 1.807) is 6.07 Å². The van der Waals surface area contributed by atoms with Gasteiger partial charge in [0.15, 0.2) is 11.5 Å². The van der Waals surface area contributed by atoms with E-state index in [1.165, 1.54) is 31.7 Å². The fourth-order valence-corrected chi connectivity index (χ4v) is 2.47. The Morgan fingerprint density at radius 1 is 1.05 bits per heavy atom. The molecule has 0 aliphatic rings. The third kappa shape index (κ3) is 5.11. The van der Waals surface area contributed by atoms with Crippen LogP contribution in [0.25, 0.3) is 0 Å². The molecule has 0 aliphatic heterocycles. The van der Waals surface area contributed by atoms with Gasteiger partial charge in [0.05, 0.1) is 0 Å². The number of benzene rings is 1. The van der Waals surface area contributed by atoms with Crippen LogP contribution >= 0.6 is 0 Å². The summed E-state index contributed by atoms with van der Waals surface area (Å²) in [6, 6.07) is 5.08. The third-order valence-corrected chi connectivity index (χ3v) is 3.68. The second-order valence-electron chi connectivity index (χ2n) is 5.42. The van der Waals surface area contributed by atoms with Gasteiger partial charge in [-0.25, -0.2) is 0 Å². The molecule has 0 saturated heterocycles. The minimum Gasteiger partial charge on any atom is -0.504 e. The van der Waals surface area contributed by atoms with Gasteiger partial charge in [-0.15, -0.1) is 0 Å². The molecule has 0 amide bonds. The van der Waals surface area contributed by atoms with Crippen molar-refractivity contribution in [2.24, 2.45) is 5.73 Å². The Balaban J connectivity index is 2.59. The predicted molar refractivity (Wildman–Crippen MR) is 79.5 cm³/mol. The normalized spacial score (nSPS) is 14.3.